The maximum atomic E-state index is 12.1. The molecule has 98 valence electrons. The van der Waals surface area contributed by atoms with Gasteiger partial charge in [0.05, 0.1) is 6.61 Å². The molecule has 2 aromatic carbocycles. The Morgan fingerprint density at radius 2 is 1.58 bits per heavy atom. The number of carbonyl (C=O) groups excluding carboxylic acids is 1. The lowest BCUT2D eigenvalue weighted by molar-refractivity contribution is 0.0487. The lowest BCUT2D eigenvalue weighted by Crippen LogP contribution is -2.22. The maximum absolute atomic E-state index is 12.1. The summed E-state index contributed by atoms with van der Waals surface area (Å²) in [4.78, 5) is 12.1. The number of Topliss-reactive ketones (excluding diaryl/α,β-unsaturated/α-hetero) is 1. The van der Waals surface area contributed by atoms with E-state index >= 15 is 0 Å². The molecule has 0 saturated heterocycles. The molecule has 0 N–H and O–H groups in total. The first-order valence-electron chi connectivity index (χ1n) is 6.52. The molecule has 0 aromatic heterocycles. The van der Waals surface area contributed by atoms with E-state index in [1.54, 1.807) is 6.92 Å². The van der Waals surface area contributed by atoms with Crippen LogP contribution in [0.5, 0.6) is 0 Å². The van der Waals surface area contributed by atoms with Crippen LogP contribution in [0.2, 0.25) is 0 Å². The molecule has 0 saturated carbocycles. The van der Waals surface area contributed by atoms with Crippen molar-refractivity contribution in [2.24, 2.45) is 0 Å². The molecule has 2 heteroatoms. The Labute approximate surface area is 114 Å². The van der Waals surface area contributed by atoms with Crippen molar-refractivity contribution in [3.8, 4) is 0 Å². The fraction of sp³-hybridized carbons (Fsp3) is 0.235. The van der Waals surface area contributed by atoms with Gasteiger partial charge in [-0.2, -0.15) is 0 Å². The Bertz CT molecular complexity index is 505. The number of hydrogen-bond acceptors (Lipinski definition) is 2. The summed E-state index contributed by atoms with van der Waals surface area (Å²) in [6.45, 7) is 2.37. The molecule has 0 fully saturated rings. The number of ether oxygens (including phenoxy) is 1. The van der Waals surface area contributed by atoms with Crippen molar-refractivity contribution < 1.29 is 9.53 Å². The molecule has 0 aliphatic heterocycles. The molecule has 0 spiro atoms. The summed E-state index contributed by atoms with van der Waals surface area (Å²) in [6.07, 6.45) is 0.430. The van der Waals surface area contributed by atoms with E-state index in [1.807, 2.05) is 48.5 Å². The van der Waals surface area contributed by atoms with Crippen molar-refractivity contribution >= 4 is 5.78 Å². The van der Waals surface area contributed by atoms with E-state index in [-0.39, 0.29) is 5.78 Å². The van der Waals surface area contributed by atoms with E-state index < -0.39 is 6.10 Å². The normalized spacial score (nSPS) is 12.1. The zero-order valence-electron chi connectivity index (χ0n) is 11.1. The zero-order chi connectivity index (χ0) is 13.5. The number of rotatable bonds is 6. The van der Waals surface area contributed by atoms with Gasteiger partial charge >= 0.3 is 0 Å². The fourth-order valence-corrected chi connectivity index (χ4v) is 1.91. The summed E-state index contributed by atoms with van der Waals surface area (Å²) in [5, 5.41) is 0. The van der Waals surface area contributed by atoms with E-state index in [9.17, 15) is 4.79 Å². The van der Waals surface area contributed by atoms with Crippen LogP contribution in [0.3, 0.4) is 0 Å². The second-order valence-corrected chi connectivity index (χ2v) is 4.48. The van der Waals surface area contributed by atoms with Gasteiger partial charge in [0.15, 0.2) is 5.78 Å². The van der Waals surface area contributed by atoms with E-state index in [4.69, 9.17) is 4.74 Å². The number of ketones is 1. The van der Waals surface area contributed by atoms with Crippen LogP contribution in [-0.4, -0.2) is 18.5 Å². The number of carbonyl (C=O) groups is 1. The van der Waals surface area contributed by atoms with Crippen LogP contribution in [0.15, 0.2) is 60.7 Å². The van der Waals surface area contributed by atoms with E-state index in [0.717, 1.165) is 6.42 Å². The minimum absolute atomic E-state index is 0.0358. The largest absolute Gasteiger partial charge is 0.370 e. The average molecular weight is 254 g/mol. The Kier molecular flexibility index (Phi) is 4.87. The Morgan fingerprint density at radius 3 is 2.21 bits per heavy atom. The van der Waals surface area contributed by atoms with Gasteiger partial charge in [-0.1, -0.05) is 60.7 Å². The standard InChI is InChI=1S/C17H18O2/c1-14(17(18)16-10-6-3-7-11-16)19-13-12-15-8-4-2-5-9-15/h2-11,14H,12-13H2,1H3. The summed E-state index contributed by atoms with van der Waals surface area (Å²) < 4.78 is 5.61. The predicted molar refractivity (Wildman–Crippen MR) is 76.3 cm³/mol. The van der Waals surface area contributed by atoms with Crippen molar-refractivity contribution in [2.45, 2.75) is 19.4 Å². The summed E-state index contributed by atoms with van der Waals surface area (Å²) in [7, 11) is 0. The molecular weight excluding hydrogens is 236 g/mol. The lowest BCUT2D eigenvalue weighted by Gasteiger charge is -2.12. The highest BCUT2D eigenvalue weighted by atomic mass is 16.5. The van der Waals surface area contributed by atoms with Gasteiger partial charge in [-0.25, -0.2) is 0 Å². The van der Waals surface area contributed by atoms with Gasteiger partial charge in [-0.3, -0.25) is 4.79 Å². The van der Waals surface area contributed by atoms with Crippen LogP contribution >= 0.6 is 0 Å². The first-order chi connectivity index (χ1) is 9.27. The Hall–Kier alpha value is -1.93. The summed E-state index contributed by atoms with van der Waals surface area (Å²) >= 11 is 0. The molecule has 0 bridgehead atoms. The van der Waals surface area contributed by atoms with Crippen LogP contribution in [0.25, 0.3) is 0 Å². The minimum atomic E-state index is -0.397. The molecule has 0 heterocycles. The SMILES string of the molecule is CC(OCCc1ccccc1)C(=O)c1ccccc1. The molecule has 1 unspecified atom stereocenters. The highest BCUT2D eigenvalue weighted by Crippen LogP contribution is 2.07. The van der Waals surface area contributed by atoms with Gasteiger partial charge in [-0.15, -0.1) is 0 Å². The molecule has 0 aliphatic rings. The predicted octanol–water partition coefficient (Wildman–Crippen LogP) is 3.52. The van der Waals surface area contributed by atoms with Crippen molar-refractivity contribution in [1.82, 2.24) is 0 Å². The monoisotopic (exact) mass is 254 g/mol. The highest BCUT2D eigenvalue weighted by molar-refractivity contribution is 5.99. The third-order valence-corrected chi connectivity index (χ3v) is 3.03. The van der Waals surface area contributed by atoms with Gasteiger partial charge in [0.1, 0.15) is 6.10 Å². The third-order valence-electron chi connectivity index (χ3n) is 3.03. The van der Waals surface area contributed by atoms with Crippen LogP contribution in [0.4, 0.5) is 0 Å². The van der Waals surface area contributed by atoms with E-state index in [1.165, 1.54) is 5.56 Å². The van der Waals surface area contributed by atoms with Gasteiger partial charge in [0.25, 0.3) is 0 Å². The lowest BCUT2D eigenvalue weighted by atomic mass is 10.1. The molecule has 0 radical (unpaired) electrons. The van der Waals surface area contributed by atoms with Crippen LogP contribution < -0.4 is 0 Å². The maximum Gasteiger partial charge on any atom is 0.191 e. The summed E-state index contributed by atoms with van der Waals surface area (Å²) in [6, 6.07) is 19.4. The second kappa shape index (κ2) is 6.86. The first kappa shape index (κ1) is 13.5. The van der Waals surface area contributed by atoms with Gasteiger partial charge in [0.2, 0.25) is 0 Å². The number of hydrogen-bond donors (Lipinski definition) is 0. The molecular formula is C17H18O2. The molecule has 0 aliphatic carbocycles. The second-order valence-electron chi connectivity index (χ2n) is 4.48. The molecule has 0 amide bonds. The first-order valence-corrected chi connectivity index (χ1v) is 6.52. The topological polar surface area (TPSA) is 26.3 Å². The molecule has 1 atom stereocenters. The van der Waals surface area contributed by atoms with Crippen LogP contribution in [0, 0.1) is 0 Å². The fourth-order valence-electron chi connectivity index (χ4n) is 1.91. The van der Waals surface area contributed by atoms with Crippen LogP contribution in [-0.2, 0) is 11.2 Å². The van der Waals surface area contributed by atoms with Crippen molar-refractivity contribution in [3.63, 3.8) is 0 Å². The highest BCUT2D eigenvalue weighted by Gasteiger charge is 2.14. The van der Waals surface area contributed by atoms with Crippen molar-refractivity contribution in [2.75, 3.05) is 6.61 Å². The van der Waals surface area contributed by atoms with Gasteiger partial charge < -0.3 is 4.74 Å². The van der Waals surface area contributed by atoms with Gasteiger partial charge in [0, 0.05) is 5.56 Å². The summed E-state index contributed by atoms with van der Waals surface area (Å²) in [5.74, 6) is 0.0358. The van der Waals surface area contributed by atoms with E-state index in [0.29, 0.717) is 12.2 Å². The van der Waals surface area contributed by atoms with Gasteiger partial charge in [-0.05, 0) is 18.9 Å². The van der Waals surface area contributed by atoms with Crippen LogP contribution in [0.1, 0.15) is 22.8 Å². The average Bonchev–Trinajstić information content (AvgIpc) is 2.48. The zero-order valence-corrected chi connectivity index (χ0v) is 11.1. The summed E-state index contributed by atoms with van der Waals surface area (Å²) in [5.41, 5.74) is 1.93. The number of benzene rings is 2. The quantitative estimate of drug-likeness (QED) is 0.737. The minimum Gasteiger partial charge on any atom is -0.370 e. The third kappa shape index (κ3) is 4.04. The van der Waals surface area contributed by atoms with Crippen molar-refractivity contribution in [3.05, 3.63) is 71.8 Å². The Balaban J connectivity index is 1.82. The molecule has 2 nitrogen and oxygen atoms in total. The molecule has 2 rings (SSSR count). The molecule has 2 aromatic rings. The molecule has 19 heavy (non-hydrogen) atoms. The van der Waals surface area contributed by atoms with Crippen molar-refractivity contribution in [1.29, 1.82) is 0 Å². The van der Waals surface area contributed by atoms with E-state index in [2.05, 4.69) is 12.1 Å². The Morgan fingerprint density at radius 1 is 1.00 bits per heavy atom. The smallest absolute Gasteiger partial charge is 0.191 e.